The van der Waals surface area contributed by atoms with E-state index in [1.165, 1.54) is 13.8 Å². The van der Waals surface area contributed by atoms with Crippen molar-refractivity contribution in [3.8, 4) is 0 Å². The predicted octanol–water partition coefficient (Wildman–Crippen LogP) is 1.99. The van der Waals surface area contributed by atoms with E-state index in [-0.39, 0.29) is 0 Å². The van der Waals surface area contributed by atoms with Gasteiger partial charge in [0.1, 0.15) is 0 Å². The van der Waals surface area contributed by atoms with Crippen molar-refractivity contribution in [1.82, 2.24) is 0 Å². The number of ether oxygens (including phenoxy) is 2. The van der Waals surface area contributed by atoms with Crippen LogP contribution >= 0.6 is 0 Å². The minimum atomic E-state index is -0.861. The maximum absolute atomic E-state index is 11.7. The van der Waals surface area contributed by atoms with Crippen LogP contribution in [0.3, 0.4) is 0 Å². The van der Waals surface area contributed by atoms with Crippen LogP contribution in [0, 0.1) is 0 Å². The first-order chi connectivity index (χ1) is 13.4. The van der Waals surface area contributed by atoms with Crippen molar-refractivity contribution in [2.75, 3.05) is 0 Å². The van der Waals surface area contributed by atoms with Crippen molar-refractivity contribution < 1.29 is 19.1 Å². The molecule has 2 rings (SSSR count). The molecule has 0 spiro atoms. The van der Waals surface area contributed by atoms with E-state index in [1.54, 1.807) is 0 Å². The SMILES string of the molecule is CC(=O)O[C@@H]([C@H](OC(C)=O)[C@@H](N)Cc1ccccc1)[C@@H](N)Cc1ccccc1. The number of carbonyl (C=O) groups excluding carboxylic acids is 2. The van der Waals surface area contributed by atoms with E-state index in [2.05, 4.69) is 0 Å². The first-order valence-electron chi connectivity index (χ1n) is 9.30. The molecular formula is C22H28N2O4. The molecule has 6 heteroatoms. The highest BCUT2D eigenvalue weighted by Crippen LogP contribution is 2.18. The van der Waals surface area contributed by atoms with Gasteiger partial charge in [-0.3, -0.25) is 9.59 Å². The van der Waals surface area contributed by atoms with Crippen LogP contribution in [-0.2, 0) is 31.9 Å². The Morgan fingerprint density at radius 2 is 1.04 bits per heavy atom. The molecule has 0 bridgehead atoms. The Balaban J connectivity index is 2.24. The molecule has 0 aromatic heterocycles. The zero-order valence-corrected chi connectivity index (χ0v) is 16.3. The molecule has 150 valence electrons. The fourth-order valence-electron chi connectivity index (χ4n) is 3.18. The Morgan fingerprint density at radius 3 is 1.32 bits per heavy atom. The fourth-order valence-corrected chi connectivity index (χ4v) is 3.18. The standard InChI is InChI=1S/C22H28N2O4/c1-15(25)27-21(19(23)13-17-9-5-3-6-10-17)22(28-16(2)26)20(24)14-18-11-7-4-8-12-18/h3-12,19-22H,13-14,23-24H2,1-2H3/t19-,20-,21+,22+/m0/s1. The van der Waals surface area contributed by atoms with Crippen LogP contribution in [0.5, 0.6) is 0 Å². The first-order valence-corrected chi connectivity index (χ1v) is 9.30. The summed E-state index contributed by atoms with van der Waals surface area (Å²) >= 11 is 0. The molecule has 28 heavy (non-hydrogen) atoms. The lowest BCUT2D eigenvalue weighted by atomic mass is 9.91. The van der Waals surface area contributed by atoms with Crippen LogP contribution in [0.15, 0.2) is 60.7 Å². The summed E-state index contributed by atoms with van der Waals surface area (Å²) < 4.78 is 11.0. The number of carbonyl (C=O) groups is 2. The third-order valence-electron chi connectivity index (χ3n) is 4.40. The van der Waals surface area contributed by atoms with Crippen LogP contribution in [0.1, 0.15) is 25.0 Å². The molecule has 2 aromatic carbocycles. The molecule has 4 N–H and O–H groups in total. The zero-order chi connectivity index (χ0) is 20.5. The molecule has 0 radical (unpaired) electrons. The largest absolute Gasteiger partial charge is 0.457 e. The van der Waals surface area contributed by atoms with Crippen molar-refractivity contribution in [3.63, 3.8) is 0 Å². The highest BCUT2D eigenvalue weighted by atomic mass is 16.6. The maximum Gasteiger partial charge on any atom is 0.303 e. The summed E-state index contributed by atoms with van der Waals surface area (Å²) in [6.45, 7) is 2.60. The summed E-state index contributed by atoms with van der Waals surface area (Å²) in [7, 11) is 0. The molecule has 0 unspecified atom stereocenters. The van der Waals surface area contributed by atoms with Crippen LogP contribution in [0.4, 0.5) is 0 Å². The van der Waals surface area contributed by atoms with Gasteiger partial charge in [-0.2, -0.15) is 0 Å². The van der Waals surface area contributed by atoms with E-state index in [9.17, 15) is 9.59 Å². The smallest absolute Gasteiger partial charge is 0.303 e. The highest BCUT2D eigenvalue weighted by Gasteiger charge is 2.37. The second kappa shape index (κ2) is 10.6. The normalized spacial score (nSPS) is 15.1. The molecule has 0 aliphatic carbocycles. The zero-order valence-electron chi connectivity index (χ0n) is 16.3. The Morgan fingerprint density at radius 1 is 0.714 bits per heavy atom. The minimum Gasteiger partial charge on any atom is -0.457 e. The van der Waals surface area contributed by atoms with Gasteiger partial charge >= 0.3 is 11.9 Å². The number of esters is 2. The van der Waals surface area contributed by atoms with E-state index in [4.69, 9.17) is 20.9 Å². The van der Waals surface area contributed by atoms with E-state index in [0.717, 1.165) is 11.1 Å². The first kappa shape index (κ1) is 21.6. The molecular weight excluding hydrogens is 356 g/mol. The van der Waals surface area contributed by atoms with Crippen LogP contribution < -0.4 is 11.5 Å². The van der Waals surface area contributed by atoms with Gasteiger partial charge in [0.25, 0.3) is 0 Å². The lowest BCUT2D eigenvalue weighted by Gasteiger charge is -2.34. The lowest BCUT2D eigenvalue weighted by molar-refractivity contribution is -0.168. The summed E-state index contributed by atoms with van der Waals surface area (Å²) in [5, 5.41) is 0. The van der Waals surface area contributed by atoms with Gasteiger partial charge in [-0.15, -0.1) is 0 Å². The Hall–Kier alpha value is -2.70. The summed E-state index contributed by atoms with van der Waals surface area (Å²) in [6.07, 6.45) is -0.816. The van der Waals surface area contributed by atoms with E-state index in [1.807, 2.05) is 60.7 Å². The maximum atomic E-state index is 11.7. The topological polar surface area (TPSA) is 105 Å². The molecule has 0 saturated heterocycles. The molecule has 0 aliphatic rings. The molecule has 0 fully saturated rings. The number of nitrogens with two attached hydrogens (primary N) is 2. The third-order valence-corrected chi connectivity index (χ3v) is 4.40. The lowest BCUT2D eigenvalue weighted by Crippen LogP contribution is -2.56. The number of hydrogen-bond donors (Lipinski definition) is 2. The van der Waals surface area contributed by atoms with Gasteiger partial charge in [0.2, 0.25) is 0 Å². The minimum absolute atomic E-state index is 0.453. The predicted molar refractivity (Wildman–Crippen MR) is 107 cm³/mol. The van der Waals surface area contributed by atoms with Gasteiger partial charge in [0.05, 0.1) is 0 Å². The van der Waals surface area contributed by atoms with Crippen LogP contribution in [0.25, 0.3) is 0 Å². The molecule has 0 heterocycles. The summed E-state index contributed by atoms with van der Waals surface area (Å²) in [5.74, 6) is -1.00. The van der Waals surface area contributed by atoms with Gasteiger partial charge in [0.15, 0.2) is 12.2 Å². The summed E-state index contributed by atoms with van der Waals surface area (Å²) in [4.78, 5) is 23.4. The summed E-state index contributed by atoms with van der Waals surface area (Å²) in [5.41, 5.74) is 14.7. The molecule has 0 amide bonds. The number of benzene rings is 2. The number of hydrogen-bond acceptors (Lipinski definition) is 6. The van der Waals surface area contributed by atoms with Gasteiger partial charge in [-0.1, -0.05) is 60.7 Å². The number of rotatable bonds is 9. The molecule has 4 atom stereocenters. The van der Waals surface area contributed by atoms with Gasteiger partial charge < -0.3 is 20.9 Å². The van der Waals surface area contributed by atoms with Crippen molar-refractivity contribution in [2.45, 2.75) is 51.0 Å². The van der Waals surface area contributed by atoms with Gasteiger partial charge in [-0.25, -0.2) is 0 Å². The van der Waals surface area contributed by atoms with E-state index >= 15 is 0 Å². The summed E-state index contributed by atoms with van der Waals surface area (Å²) in [6, 6.07) is 18.1. The van der Waals surface area contributed by atoms with Crippen LogP contribution in [-0.4, -0.2) is 36.2 Å². The highest BCUT2D eigenvalue weighted by molar-refractivity contribution is 5.67. The molecule has 6 nitrogen and oxygen atoms in total. The Labute approximate surface area is 165 Å². The second-order valence-electron chi connectivity index (χ2n) is 6.86. The van der Waals surface area contributed by atoms with Gasteiger partial charge in [0, 0.05) is 25.9 Å². The molecule has 2 aromatic rings. The van der Waals surface area contributed by atoms with Crippen molar-refractivity contribution in [2.24, 2.45) is 11.5 Å². The Bertz CT molecular complexity index is 686. The average Bonchev–Trinajstić information content (AvgIpc) is 2.65. The molecule has 0 aliphatic heterocycles. The van der Waals surface area contributed by atoms with E-state index < -0.39 is 36.2 Å². The van der Waals surface area contributed by atoms with Crippen molar-refractivity contribution >= 4 is 11.9 Å². The van der Waals surface area contributed by atoms with Crippen LogP contribution in [0.2, 0.25) is 0 Å². The van der Waals surface area contributed by atoms with Gasteiger partial charge in [-0.05, 0) is 24.0 Å². The van der Waals surface area contributed by atoms with Crippen molar-refractivity contribution in [3.05, 3.63) is 71.8 Å². The Kier molecular flexibility index (Phi) is 8.17. The third kappa shape index (κ3) is 6.79. The second-order valence-corrected chi connectivity index (χ2v) is 6.86. The molecule has 0 saturated carbocycles. The van der Waals surface area contributed by atoms with E-state index in [0.29, 0.717) is 12.8 Å². The fraction of sp³-hybridized carbons (Fsp3) is 0.364. The average molecular weight is 384 g/mol. The quantitative estimate of drug-likeness (QED) is 0.641. The monoisotopic (exact) mass is 384 g/mol. The van der Waals surface area contributed by atoms with Crippen molar-refractivity contribution in [1.29, 1.82) is 0 Å².